The minimum Gasteiger partial charge on any atom is -0.507 e. The summed E-state index contributed by atoms with van der Waals surface area (Å²) < 4.78 is 26.1. The van der Waals surface area contributed by atoms with Crippen LogP contribution in [0.15, 0.2) is 47.8 Å². The van der Waals surface area contributed by atoms with E-state index in [9.17, 15) is 13.9 Å². The second kappa shape index (κ2) is 5.02. The molecule has 0 amide bonds. The first-order valence-electron chi connectivity index (χ1n) is 5.84. The standard InChI is InChI=1S/C15H9F2NOS/c16-11-6-5-9(7-12(11)17)15-18-13(8-20-15)10-3-1-2-4-14(10)19/h1-8,19H. The Morgan fingerprint density at radius 2 is 1.80 bits per heavy atom. The van der Waals surface area contributed by atoms with Gasteiger partial charge in [-0.15, -0.1) is 11.3 Å². The van der Waals surface area contributed by atoms with Crippen molar-refractivity contribution >= 4 is 11.3 Å². The van der Waals surface area contributed by atoms with Crippen molar-refractivity contribution in [2.24, 2.45) is 0 Å². The van der Waals surface area contributed by atoms with Crippen molar-refractivity contribution in [2.75, 3.05) is 0 Å². The zero-order valence-corrected chi connectivity index (χ0v) is 11.0. The summed E-state index contributed by atoms with van der Waals surface area (Å²) in [5.74, 6) is -1.65. The predicted molar refractivity (Wildman–Crippen MR) is 74.6 cm³/mol. The van der Waals surface area contributed by atoms with E-state index < -0.39 is 11.6 Å². The van der Waals surface area contributed by atoms with Gasteiger partial charge in [0.1, 0.15) is 10.8 Å². The largest absolute Gasteiger partial charge is 0.507 e. The maximum Gasteiger partial charge on any atom is 0.159 e. The molecular formula is C15H9F2NOS. The second-order valence-electron chi connectivity index (χ2n) is 4.18. The summed E-state index contributed by atoms with van der Waals surface area (Å²) >= 11 is 1.31. The number of thiazole rings is 1. The summed E-state index contributed by atoms with van der Waals surface area (Å²) in [5.41, 5.74) is 1.72. The van der Waals surface area contributed by atoms with Crippen molar-refractivity contribution < 1.29 is 13.9 Å². The third-order valence-electron chi connectivity index (χ3n) is 2.85. The molecule has 5 heteroatoms. The molecule has 0 bridgehead atoms. The van der Waals surface area contributed by atoms with Gasteiger partial charge >= 0.3 is 0 Å². The van der Waals surface area contributed by atoms with Crippen molar-refractivity contribution in [1.29, 1.82) is 0 Å². The van der Waals surface area contributed by atoms with Gasteiger partial charge < -0.3 is 5.11 Å². The van der Waals surface area contributed by atoms with E-state index in [4.69, 9.17) is 0 Å². The fraction of sp³-hybridized carbons (Fsp3) is 0. The quantitative estimate of drug-likeness (QED) is 0.755. The molecule has 0 radical (unpaired) electrons. The Kier molecular flexibility index (Phi) is 3.20. The summed E-state index contributed by atoms with van der Waals surface area (Å²) in [6.45, 7) is 0. The van der Waals surface area contributed by atoms with Crippen LogP contribution >= 0.6 is 11.3 Å². The molecule has 0 saturated carbocycles. The highest BCUT2D eigenvalue weighted by atomic mass is 32.1. The van der Waals surface area contributed by atoms with Gasteiger partial charge in [0.2, 0.25) is 0 Å². The Morgan fingerprint density at radius 3 is 2.55 bits per heavy atom. The van der Waals surface area contributed by atoms with Crippen molar-refractivity contribution in [1.82, 2.24) is 4.98 Å². The summed E-state index contributed by atoms with van der Waals surface area (Å²) in [5, 5.41) is 12.1. The van der Waals surface area contributed by atoms with E-state index >= 15 is 0 Å². The van der Waals surface area contributed by atoms with Crippen molar-refractivity contribution in [3.05, 3.63) is 59.5 Å². The van der Waals surface area contributed by atoms with Crippen LogP contribution in [0.2, 0.25) is 0 Å². The fourth-order valence-electron chi connectivity index (χ4n) is 1.85. The topological polar surface area (TPSA) is 33.1 Å². The number of halogens is 2. The Bertz CT molecular complexity index is 770. The highest BCUT2D eigenvalue weighted by Gasteiger charge is 2.11. The second-order valence-corrected chi connectivity index (χ2v) is 5.04. The Balaban J connectivity index is 2.02. The van der Waals surface area contributed by atoms with E-state index in [1.807, 2.05) is 0 Å². The monoisotopic (exact) mass is 289 g/mol. The van der Waals surface area contributed by atoms with Crippen molar-refractivity contribution in [3.63, 3.8) is 0 Å². The van der Waals surface area contributed by atoms with E-state index in [0.717, 1.165) is 12.1 Å². The summed E-state index contributed by atoms with van der Waals surface area (Å²) in [6.07, 6.45) is 0. The normalized spacial score (nSPS) is 10.7. The van der Waals surface area contributed by atoms with Gasteiger partial charge in [-0.3, -0.25) is 0 Å². The number of hydrogen-bond acceptors (Lipinski definition) is 3. The van der Waals surface area contributed by atoms with Gasteiger partial charge in [-0.25, -0.2) is 13.8 Å². The average molecular weight is 289 g/mol. The lowest BCUT2D eigenvalue weighted by Gasteiger charge is -2.00. The highest BCUT2D eigenvalue weighted by Crippen LogP contribution is 2.33. The maximum atomic E-state index is 13.2. The summed E-state index contributed by atoms with van der Waals surface area (Å²) in [4.78, 5) is 4.35. The first kappa shape index (κ1) is 12.7. The molecule has 0 unspecified atom stereocenters. The van der Waals surface area contributed by atoms with Gasteiger partial charge in [0, 0.05) is 16.5 Å². The van der Waals surface area contributed by atoms with E-state index in [0.29, 0.717) is 21.8 Å². The molecule has 3 rings (SSSR count). The molecule has 0 aliphatic carbocycles. The van der Waals surface area contributed by atoms with Gasteiger partial charge in [0.25, 0.3) is 0 Å². The highest BCUT2D eigenvalue weighted by molar-refractivity contribution is 7.13. The minimum absolute atomic E-state index is 0.134. The van der Waals surface area contributed by atoms with Crippen LogP contribution in [0.4, 0.5) is 8.78 Å². The molecule has 0 aliphatic rings. The molecule has 1 aromatic heterocycles. The molecule has 3 aromatic rings. The van der Waals surface area contributed by atoms with Crippen LogP contribution in [0.1, 0.15) is 0 Å². The Hall–Kier alpha value is -2.27. The minimum atomic E-state index is -0.901. The molecule has 0 spiro atoms. The van der Waals surface area contributed by atoms with Crippen LogP contribution in [-0.4, -0.2) is 10.1 Å². The van der Waals surface area contributed by atoms with E-state index in [2.05, 4.69) is 4.98 Å². The lowest BCUT2D eigenvalue weighted by Crippen LogP contribution is -1.85. The average Bonchev–Trinajstić information content (AvgIpc) is 2.92. The zero-order valence-electron chi connectivity index (χ0n) is 10.2. The molecule has 0 saturated heterocycles. The fourth-order valence-corrected chi connectivity index (χ4v) is 2.67. The molecule has 0 fully saturated rings. The number of hydrogen-bond donors (Lipinski definition) is 1. The van der Waals surface area contributed by atoms with Gasteiger partial charge in [-0.1, -0.05) is 12.1 Å². The molecule has 1 heterocycles. The summed E-state index contributed by atoms with van der Waals surface area (Å²) in [6, 6.07) is 10.5. The first-order chi connectivity index (χ1) is 9.65. The molecule has 20 heavy (non-hydrogen) atoms. The smallest absolute Gasteiger partial charge is 0.159 e. The number of phenolic OH excluding ortho intramolecular Hbond substituents is 1. The lowest BCUT2D eigenvalue weighted by molar-refractivity contribution is 0.477. The first-order valence-corrected chi connectivity index (χ1v) is 6.72. The molecule has 1 N–H and O–H groups in total. The van der Waals surface area contributed by atoms with Crippen LogP contribution < -0.4 is 0 Å². The Morgan fingerprint density at radius 1 is 1.00 bits per heavy atom. The maximum absolute atomic E-state index is 13.2. The van der Waals surface area contributed by atoms with Gasteiger partial charge in [0.05, 0.1) is 5.69 Å². The number of nitrogens with zero attached hydrogens (tertiary/aromatic N) is 1. The van der Waals surface area contributed by atoms with Crippen LogP contribution in [0.3, 0.4) is 0 Å². The molecule has 0 aliphatic heterocycles. The van der Waals surface area contributed by atoms with Crippen LogP contribution in [0, 0.1) is 11.6 Å². The molecule has 0 atom stereocenters. The lowest BCUT2D eigenvalue weighted by atomic mass is 10.1. The van der Waals surface area contributed by atoms with E-state index in [1.165, 1.54) is 17.4 Å². The van der Waals surface area contributed by atoms with E-state index in [1.54, 1.807) is 29.6 Å². The third kappa shape index (κ3) is 2.28. The van der Waals surface area contributed by atoms with Crippen molar-refractivity contribution in [3.8, 4) is 27.6 Å². The Labute approximate surface area is 118 Å². The van der Waals surface area contributed by atoms with Gasteiger partial charge in [-0.05, 0) is 30.3 Å². The number of benzene rings is 2. The molecule has 2 aromatic carbocycles. The third-order valence-corrected chi connectivity index (χ3v) is 3.74. The predicted octanol–water partition coefficient (Wildman–Crippen LogP) is 4.46. The SMILES string of the molecule is Oc1ccccc1-c1csc(-c2ccc(F)c(F)c2)n1. The van der Waals surface area contributed by atoms with E-state index in [-0.39, 0.29) is 5.75 Å². The number of aromatic nitrogens is 1. The number of para-hydroxylation sites is 1. The van der Waals surface area contributed by atoms with Gasteiger partial charge in [0.15, 0.2) is 11.6 Å². The molecule has 100 valence electrons. The van der Waals surface area contributed by atoms with Crippen LogP contribution in [0.5, 0.6) is 5.75 Å². The number of phenols is 1. The summed E-state index contributed by atoms with van der Waals surface area (Å²) in [7, 11) is 0. The van der Waals surface area contributed by atoms with Crippen molar-refractivity contribution in [2.45, 2.75) is 0 Å². The van der Waals surface area contributed by atoms with Crippen LogP contribution in [0.25, 0.3) is 21.8 Å². The van der Waals surface area contributed by atoms with Crippen LogP contribution in [-0.2, 0) is 0 Å². The number of rotatable bonds is 2. The molecular weight excluding hydrogens is 280 g/mol. The molecule has 2 nitrogen and oxygen atoms in total. The number of aromatic hydroxyl groups is 1. The van der Waals surface area contributed by atoms with Gasteiger partial charge in [-0.2, -0.15) is 0 Å². The zero-order chi connectivity index (χ0) is 14.1.